The maximum Gasteiger partial charge on any atom is 0.573 e. The minimum absolute atomic E-state index is 0.259. The zero-order valence-corrected chi connectivity index (χ0v) is 19.4. The van der Waals surface area contributed by atoms with Gasteiger partial charge in [-0.2, -0.15) is 0 Å². The normalized spacial score (nSPS) is 23.2. The molecule has 1 atom stereocenters. The Hall–Kier alpha value is -2.04. The van der Waals surface area contributed by atoms with Crippen molar-refractivity contribution in [1.29, 1.82) is 0 Å². The summed E-state index contributed by atoms with van der Waals surface area (Å²) in [7, 11) is 0. The first-order valence-corrected chi connectivity index (χ1v) is 12.5. The van der Waals surface area contributed by atoms with E-state index in [1.165, 1.54) is 62.5 Å². The van der Waals surface area contributed by atoms with Crippen molar-refractivity contribution in [1.82, 2.24) is 0 Å². The summed E-state index contributed by atoms with van der Waals surface area (Å²) in [5, 5.41) is 0. The Labute approximate surface area is 194 Å². The topological polar surface area (TPSA) is 9.23 Å². The summed E-state index contributed by atoms with van der Waals surface area (Å²) in [6.45, 7) is 2.26. The van der Waals surface area contributed by atoms with Gasteiger partial charge in [-0.1, -0.05) is 62.9 Å². The zero-order chi connectivity index (χ0) is 23.4. The predicted molar refractivity (Wildman–Crippen MR) is 123 cm³/mol. The third-order valence-electron chi connectivity index (χ3n) is 7.68. The van der Waals surface area contributed by atoms with Crippen LogP contribution in [-0.2, 0) is 12.8 Å². The molecule has 2 aliphatic carbocycles. The maximum absolute atomic E-state index is 14.6. The first-order chi connectivity index (χ1) is 15.8. The van der Waals surface area contributed by atoms with Crippen molar-refractivity contribution in [3.63, 3.8) is 0 Å². The fourth-order valence-corrected chi connectivity index (χ4v) is 5.78. The van der Waals surface area contributed by atoms with Gasteiger partial charge in [0, 0.05) is 0 Å². The van der Waals surface area contributed by atoms with Crippen molar-refractivity contribution in [3.05, 3.63) is 64.5 Å². The molecule has 2 aromatic rings. The molecule has 1 fully saturated rings. The number of rotatable bonds is 7. The number of unbranched alkanes of at least 4 members (excludes halogenated alkanes) is 2. The average molecular weight is 463 g/mol. The molecule has 0 heterocycles. The molecule has 0 aromatic heterocycles. The van der Waals surface area contributed by atoms with Crippen molar-refractivity contribution in [2.75, 3.05) is 0 Å². The van der Waals surface area contributed by atoms with E-state index in [-0.39, 0.29) is 5.92 Å². The highest BCUT2D eigenvalue weighted by Gasteiger charge is 2.34. The number of hydrogen-bond donors (Lipinski definition) is 0. The Morgan fingerprint density at radius 2 is 1.52 bits per heavy atom. The molecule has 0 amide bonds. The van der Waals surface area contributed by atoms with E-state index in [0.717, 1.165) is 24.0 Å². The van der Waals surface area contributed by atoms with E-state index in [4.69, 9.17) is 0 Å². The SMILES string of the molecule is CCCCCC1CCC(c2ccc(C3CCc4c(ccc(OC(F)(F)F)c4F)C3)cc2)CC1. The van der Waals surface area contributed by atoms with Crippen molar-refractivity contribution in [3.8, 4) is 5.75 Å². The number of hydrogen-bond acceptors (Lipinski definition) is 1. The Kier molecular flexibility index (Phi) is 7.65. The highest BCUT2D eigenvalue weighted by molar-refractivity contribution is 5.41. The highest BCUT2D eigenvalue weighted by Crippen LogP contribution is 2.40. The van der Waals surface area contributed by atoms with Crippen LogP contribution in [0.2, 0.25) is 0 Å². The lowest BCUT2D eigenvalue weighted by atomic mass is 9.76. The zero-order valence-electron chi connectivity index (χ0n) is 19.4. The van der Waals surface area contributed by atoms with Gasteiger partial charge >= 0.3 is 6.36 Å². The Morgan fingerprint density at radius 3 is 2.15 bits per heavy atom. The number of halogens is 4. The molecule has 4 rings (SSSR count). The van der Waals surface area contributed by atoms with Crippen LogP contribution in [0, 0.1) is 11.7 Å². The summed E-state index contributed by atoms with van der Waals surface area (Å²) in [5.41, 5.74) is 3.79. The molecular weight excluding hydrogens is 428 g/mol. The average Bonchev–Trinajstić information content (AvgIpc) is 2.81. The molecule has 1 unspecified atom stereocenters. The van der Waals surface area contributed by atoms with Gasteiger partial charge in [0.1, 0.15) is 0 Å². The lowest BCUT2D eigenvalue weighted by Gasteiger charge is -2.29. The lowest BCUT2D eigenvalue weighted by molar-refractivity contribution is -0.275. The summed E-state index contributed by atoms with van der Waals surface area (Å²) < 4.78 is 55.9. The number of benzene rings is 2. The molecule has 1 saturated carbocycles. The summed E-state index contributed by atoms with van der Waals surface area (Å²) in [6, 6.07) is 11.6. The van der Waals surface area contributed by atoms with Gasteiger partial charge in [0.25, 0.3) is 0 Å². The van der Waals surface area contributed by atoms with Gasteiger partial charge in [-0.25, -0.2) is 4.39 Å². The van der Waals surface area contributed by atoms with Gasteiger partial charge in [0.15, 0.2) is 11.6 Å². The lowest BCUT2D eigenvalue weighted by Crippen LogP contribution is -2.20. The second-order valence-corrected chi connectivity index (χ2v) is 9.88. The third-order valence-corrected chi connectivity index (χ3v) is 7.68. The van der Waals surface area contributed by atoms with Crippen LogP contribution in [0.15, 0.2) is 36.4 Å². The molecule has 2 aromatic carbocycles. The standard InChI is InChI=1S/C28H34F4O/c1-2-3-4-5-19-6-8-20(9-7-19)21-10-12-22(13-11-21)23-14-16-25-24(18-23)15-17-26(27(25)29)33-28(30,31)32/h10-13,15,17,19-20,23H,2-9,14,16,18H2,1H3. The Morgan fingerprint density at radius 1 is 0.848 bits per heavy atom. The molecular formula is C28H34F4O. The van der Waals surface area contributed by atoms with Crippen LogP contribution < -0.4 is 4.74 Å². The van der Waals surface area contributed by atoms with Gasteiger partial charge in [0.2, 0.25) is 0 Å². The Bertz CT molecular complexity index is 911. The van der Waals surface area contributed by atoms with Gasteiger partial charge in [-0.3, -0.25) is 0 Å². The predicted octanol–water partition coefficient (Wildman–Crippen LogP) is 8.85. The van der Waals surface area contributed by atoms with Crippen LogP contribution >= 0.6 is 0 Å². The van der Waals surface area contributed by atoms with Crippen molar-refractivity contribution in [2.45, 2.75) is 95.8 Å². The fourth-order valence-electron chi connectivity index (χ4n) is 5.78. The Balaban J connectivity index is 1.35. The number of alkyl halides is 3. The second kappa shape index (κ2) is 10.5. The third kappa shape index (κ3) is 6.10. The molecule has 2 aliphatic rings. The van der Waals surface area contributed by atoms with Crippen LogP contribution in [0.3, 0.4) is 0 Å². The fraction of sp³-hybridized carbons (Fsp3) is 0.571. The van der Waals surface area contributed by atoms with E-state index in [9.17, 15) is 17.6 Å². The molecule has 0 bridgehead atoms. The van der Waals surface area contributed by atoms with Gasteiger partial charge in [-0.05, 0) is 91.0 Å². The molecule has 5 heteroatoms. The first-order valence-electron chi connectivity index (χ1n) is 12.5. The molecule has 0 saturated heterocycles. The molecule has 33 heavy (non-hydrogen) atoms. The van der Waals surface area contributed by atoms with Crippen LogP contribution in [0.5, 0.6) is 5.75 Å². The molecule has 0 radical (unpaired) electrons. The van der Waals surface area contributed by atoms with Crippen LogP contribution in [0.25, 0.3) is 0 Å². The van der Waals surface area contributed by atoms with E-state index in [1.54, 1.807) is 6.07 Å². The second-order valence-electron chi connectivity index (χ2n) is 9.88. The number of fused-ring (bicyclic) bond motifs is 1. The van der Waals surface area contributed by atoms with Crippen LogP contribution in [0.1, 0.15) is 98.8 Å². The quantitative estimate of drug-likeness (QED) is 0.295. The van der Waals surface area contributed by atoms with Crippen molar-refractivity contribution >= 4 is 0 Å². The van der Waals surface area contributed by atoms with E-state index in [0.29, 0.717) is 24.3 Å². The highest BCUT2D eigenvalue weighted by atomic mass is 19.4. The van der Waals surface area contributed by atoms with Crippen LogP contribution in [0.4, 0.5) is 17.6 Å². The summed E-state index contributed by atoms with van der Waals surface area (Å²) >= 11 is 0. The first kappa shape index (κ1) is 24.1. The monoisotopic (exact) mass is 462 g/mol. The maximum atomic E-state index is 14.6. The van der Waals surface area contributed by atoms with Gasteiger partial charge in [0.05, 0.1) is 0 Å². The van der Waals surface area contributed by atoms with Gasteiger partial charge in [-0.15, -0.1) is 13.2 Å². The smallest absolute Gasteiger partial charge is 0.403 e. The van der Waals surface area contributed by atoms with Gasteiger partial charge < -0.3 is 4.74 Å². The van der Waals surface area contributed by atoms with Crippen molar-refractivity contribution < 1.29 is 22.3 Å². The summed E-state index contributed by atoms with van der Waals surface area (Å²) in [4.78, 5) is 0. The molecule has 0 N–H and O–H groups in total. The van der Waals surface area contributed by atoms with E-state index < -0.39 is 17.9 Å². The van der Waals surface area contributed by atoms with E-state index in [1.807, 2.05) is 0 Å². The summed E-state index contributed by atoms with van der Waals surface area (Å²) in [5.74, 6) is 0.203. The number of ether oxygens (including phenoxy) is 1. The minimum atomic E-state index is -4.89. The largest absolute Gasteiger partial charge is 0.573 e. The summed E-state index contributed by atoms with van der Waals surface area (Å²) in [6.07, 6.45) is 7.50. The van der Waals surface area contributed by atoms with E-state index >= 15 is 0 Å². The molecule has 1 nitrogen and oxygen atoms in total. The molecule has 0 aliphatic heterocycles. The van der Waals surface area contributed by atoms with Crippen molar-refractivity contribution in [2.24, 2.45) is 5.92 Å². The van der Waals surface area contributed by atoms with E-state index in [2.05, 4.69) is 35.9 Å². The minimum Gasteiger partial charge on any atom is -0.403 e. The van der Waals surface area contributed by atoms with Crippen LogP contribution in [-0.4, -0.2) is 6.36 Å². The molecule has 0 spiro atoms. The molecule has 180 valence electrons.